The monoisotopic (exact) mass is 279 g/mol. The number of hydrogen-bond acceptors (Lipinski definition) is 4. The lowest BCUT2D eigenvalue weighted by molar-refractivity contribution is -0.119. The molecule has 0 fully saturated rings. The molecule has 110 valence electrons. The van der Waals surface area contributed by atoms with Gasteiger partial charge in [-0.3, -0.25) is 10.1 Å². The molecule has 0 heterocycles. The number of carbonyl (C=O) groups is 2. The molecule has 0 saturated heterocycles. The second-order valence-electron chi connectivity index (χ2n) is 4.56. The number of nitrogens with two attached hydrogens (primary N) is 1. The van der Waals surface area contributed by atoms with Gasteiger partial charge in [0.05, 0.1) is 12.5 Å². The van der Waals surface area contributed by atoms with Gasteiger partial charge in [0.1, 0.15) is 0 Å². The minimum atomic E-state index is -0.505. The van der Waals surface area contributed by atoms with E-state index >= 15 is 0 Å². The second kappa shape index (κ2) is 7.49. The summed E-state index contributed by atoms with van der Waals surface area (Å²) < 4.78 is 4.76. The molecule has 1 aromatic carbocycles. The first-order valence-electron chi connectivity index (χ1n) is 6.54. The van der Waals surface area contributed by atoms with Crippen LogP contribution in [-0.4, -0.2) is 24.6 Å². The number of hydrogen-bond donors (Lipinski definition) is 3. The van der Waals surface area contributed by atoms with Crippen LogP contribution in [0.5, 0.6) is 0 Å². The number of anilines is 2. The van der Waals surface area contributed by atoms with E-state index in [-0.39, 0.29) is 17.9 Å². The summed E-state index contributed by atoms with van der Waals surface area (Å²) in [7, 11) is 0. The van der Waals surface area contributed by atoms with Crippen LogP contribution in [0.1, 0.15) is 20.8 Å². The van der Waals surface area contributed by atoms with Crippen molar-refractivity contribution in [3.05, 3.63) is 24.3 Å². The summed E-state index contributed by atoms with van der Waals surface area (Å²) in [6, 6.07) is 6.56. The van der Waals surface area contributed by atoms with Gasteiger partial charge in [0, 0.05) is 17.4 Å². The molecule has 1 rings (SSSR count). The van der Waals surface area contributed by atoms with Crippen LogP contribution in [-0.2, 0) is 9.53 Å². The molecule has 0 aliphatic rings. The molecule has 4 N–H and O–H groups in total. The lowest BCUT2D eigenvalue weighted by atomic mass is 10.0. The van der Waals surface area contributed by atoms with E-state index in [2.05, 4.69) is 10.6 Å². The molecule has 6 nitrogen and oxygen atoms in total. The lowest BCUT2D eigenvalue weighted by Crippen LogP contribution is -2.34. The summed E-state index contributed by atoms with van der Waals surface area (Å²) in [5.41, 5.74) is 6.92. The Morgan fingerprint density at radius 3 is 2.10 bits per heavy atom. The van der Waals surface area contributed by atoms with Crippen molar-refractivity contribution in [2.24, 2.45) is 11.7 Å². The molecule has 2 unspecified atom stereocenters. The molecule has 0 aliphatic heterocycles. The Balaban J connectivity index is 2.58. The van der Waals surface area contributed by atoms with Crippen LogP contribution in [0.25, 0.3) is 0 Å². The summed E-state index contributed by atoms with van der Waals surface area (Å²) in [6.45, 7) is 5.61. The Bertz CT molecular complexity index is 457. The van der Waals surface area contributed by atoms with Crippen LogP contribution in [0.2, 0.25) is 0 Å². The first-order valence-corrected chi connectivity index (χ1v) is 6.54. The minimum Gasteiger partial charge on any atom is -0.450 e. The quantitative estimate of drug-likeness (QED) is 0.770. The molecule has 0 spiro atoms. The Hall–Kier alpha value is -2.08. The smallest absolute Gasteiger partial charge is 0.411 e. The van der Waals surface area contributed by atoms with Gasteiger partial charge >= 0.3 is 6.09 Å². The van der Waals surface area contributed by atoms with Crippen LogP contribution in [0.3, 0.4) is 0 Å². The highest BCUT2D eigenvalue weighted by molar-refractivity contribution is 5.93. The highest BCUT2D eigenvalue weighted by Crippen LogP contribution is 2.15. The summed E-state index contributed by atoms with van der Waals surface area (Å²) in [5.74, 6) is -0.404. The summed E-state index contributed by atoms with van der Waals surface area (Å²) >= 11 is 0. The van der Waals surface area contributed by atoms with E-state index in [4.69, 9.17) is 10.5 Å². The van der Waals surface area contributed by atoms with Crippen molar-refractivity contribution in [2.75, 3.05) is 17.2 Å². The van der Waals surface area contributed by atoms with Crippen LogP contribution in [0, 0.1) is 5.92 Å². The van der Waals surface area contributed by atoms with Crippen LogP contribution in [0.15, 0.2) is 24.3 Å². The van der Waals surface area contributed by atoms with Crippen LogP contribution >= 0.6 is 0 Å². The summed E-state index contributed by atoms with van der Waals surface area (Å²) in [6.07, 6.45) is -0.505. The van der Waals surface area contributed by atoms with Crippen molar-refractivity contribution >= 4 is 23.4 Å². The van der Waals surface area contributed by atoms with Crippen molar-refractivity contribution in [2.45, 2.75) is 26.8 Å². The van der Waals surface area contributed by atoms with Crippen LogP contribution in [0.4, 0.5) is 16.2 Å². The maximum atomic E-state index is 11.8. The fourth-order valence-electron chi connectivity index (χ4n) is 1.42. The minimum absolute atomic E-state index is 0.133. The van der Waals surface area contributed by atoms with E-state index in [9.17, 15) is 9.59 Å². The largest absolute Gasteiger partial charge is 0.450 e. The average molecular weight is 279 g/mol. The van der Waals surface area contributed by atoms with Crippen molar-refractivity contribution in [3.8, 4) is 0 Å². The van der Waals surface area contributed by atoms with Gasteiger partial charge in [-0.05, 0) is 38.1 Å². The van der Waals surface area contributed by atoms with E-state index < -0.39 is 6.09 Å². The molecule has 20 heavy (non-hydrogen) atoms. The molecule has 6 heteroatoms. The Kier molecular flexibility index (Phi) is 5.99. The van der Waals surface area contributed by atoms with Crippen LogP contribution < -0.4 is 16.4 Å². The predicted molar refractivity (Wildman–Crippen MR) is 78.5 cm³/mol. The SMILES string of the molecule is CCOC(=O)Nc1ccc(NC(=O)C(C)C(C)N)cc1. The van der Waals surface area contributed by atoms with Crippen molar-refractivity contribution < 1.29 is 14.3 Å². The third-order valence-corrected chi connectivity index (χ3v) is 2.88. The Morgan fingerprint density at radius 2 is 1.65 bits per heavy atom. The highest BCUT2D eigenvalue weighted by atomic mass is 16.5. The maximum absolute atomic E-state index is 11.8. The van der Waals surface area contributed by atoms with E-state index in [1.54, 1.807) is 45.0 Å². The summed E-state index contributed by atoms with van der Waals surface area (Å²) in [5, 5.41) is 5.34. The van der Waals surface area contributed by atoms with Gasteiger partial charge < -0.3 is 15.8 Å². The van der Waals surface area contributed by atoms with Gasteiger partial charge in [-0.1, -0.05) is 6.92 Å². The first kappa shape index (κ1) is 16.0. The molecule has 0 radical (unpaired) electrons. The predicted octanol–water partition coefficient (Wildman–Crippen LogP) is 2.18. The van der Waals surface area contributed by atoms with E-state index in [1.165, 1.54) is 0 Å². The molecule has 0 aliphatic carbocycles. The van der Waals surface area contributed by atoms with Gasteiger partial charge in [0.25, 0.3) is 0 Å². The molecular formula is C14H21N3O3. The zero-order valence-corrected chi connectivity index (χ0v) is 12.0. The highest BCUT2D eigenvalue weighted by Gasteiger charge is 2.16. The van der Waals surface area contributed by atoms with Crippen molar-refractivity contribution in [1.29, 1.82) is 0 Å². The van der Waals surface area contributed by atoms with E-state index in [0.29, 0.717) is 18.0 Å². The van der Waals surface area contributed by atoms with Crippen molar-refractivity contribution in [3.63, 3.8) is 0 Å². The second-order valence-corrected chi connectivity index (χ2v) is 4.56. The van der Waals surface area contributed by atoms with Gasteiger partial charge in [-0.15, -0.1) is 0 Å². The normalized spacial score (nSPS) is 13.2. The number of rotatable bonds is 5. The van der Waals surface area contributed by atoms with E-state index in [1.807, 2.05) is 0 Å². The topological polar surface area (TPSA) is 93.5 Å². The summed E-state index contributed by atoms with van der Waals surface area (Å²) in [4.78, 5) is 23.0. The zero-order chi connectivity index (χ0) is 15.1. The van der Waals surface area contributed by atoms with E-state index in [0.717, 1.165) is 0 Å². The average Bonchev–Trinajstić information content (AvgIpc) is 2.40. The maximum Gasteiger partial charge on any atom is 0.411 e. The van der Waals surface area contributed by atoms with Gasteiger partial charge in [0.2, 0.25) is 5.91 Å². The fourth-order valence-corrected chi connectivity index (χ4v) is 1.42. The number of benzene rings is 1. The van der Waals surface area contributed by atoms with Crippen molar-refractivity contribution in [1.82, 2.24) is 0 Å². The molecule has 0 bridgehead atoms. The molecule has 0 saturated carbocycles. The number of carbonyl (C=O) groups excluding carboxylic acids is 2. The van der Waals surface area contributed by atoms with Gasteiger partial charge in [-0.2, -0.15) is 0 Å². The van der Waals surface area contributed by atoms with Gasteiger partial charge in [-0.25, -0.2) is 4.79 Å². The Morgan fingerprint density at radius 1 is 1.15 bits per heavy atom. The third-order valence-electron chi connectivity index (χ3n) is 2.88. The number of amides is 2. The molecule has 1 aromatic rings. The Labute approximate surface area is 118 Å². The molecular weight excluding hydrogens is 258 g/mol. The zero-order valence-electron chi connectivity index (χ0n) is 12.0. The first-order chi connectivity index (χ1) is 9.43. The molecule has 2 amide bonds. The number of nitrogens with one attached hydrogen (secondary N) is 2. The fraction of sp³-hybridized carbons (Fsp3) is 0.429. The van der Waals surface area contributed by atoms with Gasteiger partial charge in [0.15, 0.2) is 0 Å². The number of ether oxygens (including phenoxy) is 1. The standard InChI is InChI=1S/C14H21N3O3/c1-4-20-14(19)17-12-7-5-11(6-8-12)16-13(18)9(2)10(3)15/h5-10H,4,15H2,1-3H3,(H,16,18)(H,17,19). The molecule has 0 aromatic heterocycles. The molecule has 2 atom stereocenters. The third kappa shape index (κ3) is 4.89. The lowest BCUT2D eigenvalue weighted by Gasteiger charge is -2.15.